The quantitative estimate of drug-likeness (QED) is 0.811. The summed E-state index contributed by atoms with van der Waals surface area (Å²) in [7, 11) is 3.28. The van der Waals surface area contributed by atoms with Gasteiger partial charge in [0.25, 0.3) is 0 Å². The maximum atomic E-state index is 6.31. The van der Waals surface area contributed by atoms with Crippen LogP contribution in [0.3, 0.4) is 0 Å². The van der Waals surface area contributed by atoms with Gasteiger partial charge in [-0.25, -0.2) is 0 Å². The van der Waals surface area contributed by atoms with Crippen LogP contribution in [0.25, 0.3) is 0 Å². The molecule has 0 heterocycles. The first kappa shape index (κ1) is 12.2. The highest BCUT2D eigenvalue weighted by Crippen LogP contribution is 2.54. The molecular weight excluding hydrogens is 216 g/mol. The summed E-state index contributed by atoms with van der Waals surface area (Å²) in [4.78, 5) is 0. The van der Waals surface area contributed by atoms with E-state index in [1.54, 1.807) is 14.2 Å². The van der Waals surface area contributed by atoms with Gasteiger partial charge in [-0.2, -0.15) is 0 Å². The molecule has 0 saturated heterocycles. The Morgan fingerprint density at radius 3 is 2.47 bits per heavy atom. The lowest BCUT2D eigenvalue weighted by Gasteiger charge is -2.24. The fourth-order valence-electron chi connectivity index (χ4n) is 2.21. The Hall–Kier alpha value is -1.26. The van der Waals surface area contributed by atoms with Crippen molar-refractivity contribution >= 4 is 0 Å². The summed E-state index contributed by atoms with van der Waals surface area (Å²) >= 11 is 0. The Morgan fingerprint density at radius 1 is 1.29 bits per heavy atom. The van der Waals surface area contributed by atoms with E-state index in [1.165, 1.54) is 0 Å². The molecule has 1 aliphatic rings. The van der Waals surface area contributed by atoms with E-state index in [0.29, 0.717) is 6.54 Å². The van der Waals surface area contributed by atoms with E-state index in [-0.39, 0.29) is 11.5 Å². The Balaban J connectivity index is 2.31. The molecule has 0 amide bonds. The van der Waals surface area contributed by atoms with Crippen molar-refractivity contribution in [3.63, 3.8) is 0 Å². The Labute approximate surface area is 102 Å². The van der Waals surface area contributed by atoms with E-state index in [1.807, 2.05) is 18.2 Å². The van der Waals surface area contributed by atoms with Crippen molar-refractivity contribution < 1.29 is 9.47 Å². The van der Waals surface area contributed by atoms with Crippen LogP contribution in [0.15, 0.2) is 18.2 Å². The highest BCUT2D eigenvalue weighted by Gasteiger charge is 2.47. The Bertz CT molecular complexity index is 402. The fourth-order valence-corrected chi connectivity index (χ4v) is 2.21. The largest absolute Gasteiger partial charge is 0.497 e. The SMILES string of the molecule is COc1ccc(C(N)C2(CN)CC2)c(OC)c1. The average molecular weight is 236 g/mol. The molecule has 4 nitrogen and oxygen atoms in total. The van der Waals surface area contributed by atoms with Crippen molar-refractivity contribution in [1.82, 2.24) is 0 Å². The molecule has 2 rings (SSSR count). The predicted octanol–water partition coefficient (Wildman–Crippen LogP) is 1.44. The van der Waals surface area contributed by atoms with Gasteiger partial charge < -0.3 is 20.9 Å². The fraction of sp³-hybridized carbons (Fsp3) is 0.538. The van der Waals surface area contributed by atoms with Gasteiger partial charge in [-0.05, 0) is 25.5 Å². The van der Waals surface area contributed by atoms with Crippen molar-refractivity contribution in [3.05, 3.63) is 23.8 Å². The Morgan fingerprint density at radius 2 is 2.00 bits per heavy atom. The monoisotopic (exact) mass is 236 g/mol. The normalized spacial score (nSPS) is 18.6. The van der Waals surface area contributed by atoms with Crippen LogP contribution < -0.4 is 20.9 Å². The molecule has 4 N–H and O–H groups in total. The number of hydrogen-bond donors (Lipinski definition) is 2. The highest BCUT2D eigenvalue weighted by molar-refractivity contribution is 5.43. The minimum absolute atomic E-state index is 0.0617. The standard InChI is InChI=1S/C13H20N2O2/c1-16-9-3-4-10(11(7-9)17-2)12(15)13(8-14)5-6-13/h3-4,7,12H,5-6,8,14-15H2,1-2H3. The van der Waals surface area contributed by atoms with Gasteiger partial charge in [0.05, 0.1) is 14.2 Å². The summed E-state index contributed by atoms with van der Waals surface area (Å²) in [6.07, 6.45) is 2.19. The lowest BCUT2D eigenvalue weighted by Crippen LogP contribution is -2.29. The number of methoxy groups -OCH3 is 2. The minimum Gasteiger partial charge on any atom is -0.497 e. The zero-order valence-corrected chi connectivity index (χ0v) is 10.4. The molecule has 0 aromatic heterocycles. The molecule has 1 aromatic rings. The average Bonchev–Trinajstić information content (AvgIpc) is 3.18. The molecule has 0 aliphatic heterocycles. The van der Waals surface area contributed by atoms with Crippen LogP contribution in [0.1, 0.15) is 24.4 Å². The van der Waals surface area contributed by atoms with E-state index >= 15 is 0 Å². The topological polar surface area (TPSA) is 70.5 Å². The lowest BCUT2D eigenvalue weighted by atomic mass is 9.90. The van der Waals surface area contributed by atoms with Crippen molar-refractivity contribution in [2.75, 3.05) is 20.8 Å². The molecular formula is C13H20N2O2. The maximum absolute atomic E-state index is 6.31. The second-order valence-corrected chi connectivity index (χ2v) is 4.65. The number of rotatable bonds is 5. The molecule has 94 valence electrons. The lowest BCUT2D eigenvalue weighted by molar-refractivity contribution is 0.368. The smallest absolute Gasteiger partial charge is 0.127 e. The van der Waals surface area contributed by atoms with Crippen LogP contribution in [0.4, 0.5) is 0 Å². The molecule has 17 heavy (non-hydrogen) atoms. The van der Waals surface area contributed by atoms with Gasteiger partial charge in [0.1, 0.15) is 11.5 Å². The highest BCUT2D eigenvalue weighted by atomic mass is 16.5. The summed E-state index contributed by atoms with van der Waals surface area (Å²) < 4.78 is 10.5. The first-order valence-electron chi connectivity index (χ1n) is 5.84. The van der Waals surface area contributed by atoms with E-state index in [9.17, 15) is 0 Å². The third-order valence-electron chi connectivity index (χ3n) is 3.73. The number of ether oxygens (including phenoxy) is 2. The van der Waals surface area contributed by atoms with Crippen LogP contribution in [0.2, 0.25) is 0 Å². The summed E-state index contributed by atoms with van der Waals surface area (Å²) in [6.45, 7) is 0.628. The van der Waals surface area contributed by atoms with E-state index in [4.69, 9.17) is 20.9 Å². The number of benzene rings is 1. The van der Waals surface area contributed by atoms with Crippen LogP contribution in [0.5, 0.6) is 11.5 Å². The van der Waals surface area contributed by atoms with Gasteiger partial charge in [-0.1, -0.05) is 6.07 Å². The first-order chi connectivity index (χ1) is 8.16. The van der Waals surface area contributed by atoms with Gasteiger partial charge in [0, 0.05) is 23.1 Å². The van der Waals surface area contributed by atoms with Crippen LogP contribution in [0, 0.1) is 5.41 Å². The van der Waals surface area contributed by atoms with Gasteiger partial charge >= 0.3 is 0 Å². The molecule has 1 aromatic carbocycles. The number of nitrogens with two attached hydrogens (primary N) is 2. The van der Waals surface area contributed by atoms with E-state index < -0.39 is 0 Å². The predicted molar refractivity (Wildman–Crippen MR) is 67.2 cm³/mol. The second-order valence-electron chi connectivity index (χ2n) is 4.65. The zero-order chi connectivity index (χ0) is 12.5. The summed E-state index contributed by atoms with van der Waals surface area (Å²) in [5.74, 6) is 1.55. The maximum Gasteiger partial charge on any atom is 0.127 e. The number of hydrogen-bond acceptors (Lipinski definition) is 4. The summed E-state index contributed by atoms with van der Waals surface area (Å²) in [6, 6.07) is 5.68. The van der Waals surface area contributed by atoms with Crippen LogP contribution in [-0.2, 0) is 0 Å². The van der Waals surface area contributed by atoms with Crippen molar-refractivity contribution in [3.8, 4) is 11.5 Å². The van der Waals surface area contributed by atoms with Crippen LogP contribution >= 0.6 is 0 Å². The molecule has 0 spiro atoms. The first-order valence-corrected chi connectivity index (χ1v) is 5.84. The third kappa shape index (κ3) is 2.10. The molecule has 0 bridgehead atoms. The van der Waals surface area contributed by atoms with Gasteiger partial charge in [-0.15, -0.1) is 0 Å². The van der Waals surface area contributed by atoms with Crippen molar-refractivity contribution in [2.45, 2.75) is 18.9 Å². The molecule has 1 aliphatic carbocycles. The van der Waals surface area contributed by atoms with Crippen molar-refractivity contribution in [2.24, 2.45) is 16.9 Å². The van der Waals surface area contributed by atoms with Crippen molar-refractivity contribution in [1.29, 1.82) is 0 Å². The molecule has 0 radical (unpaired) electrons. The third-order valence-corrected chi connectivity index (χ3v) is 3.73. The van der Waals surface area contributed by atoms with Gasteiger partial charge in [-0.3, -0.25) is 0 Å². The molecule has 1 fully saturated rings. The summed E-state index contributed by atoms with van der Waals surface area (Å²) in [5, 5.41) is 0. The molecule has 1 saturated carbocycles. The Kier molecular flexibility index (Phi) is 3.26. The molecule has 1 unspecified atom stereocenters. The van der Waals surface area contributed by atoms with Crippen LogP contribution in [-0.4, -0.2) is 20.8 Å². The van der Waals surface area contributed by atoms with E-state index in [0.717, 1.165) is 29.9 Å². The second kappa shape index (κ2) is 4.55. The summed E-state index contributed by atoms with van der Waals surface area (Å²) in [5.41, 5.74) is 13.2. The minimum atomic E-state index is -0.0617. The molecule has 4 heteroatoms. The van der Waals surface area contributed by atoms with Gasteiger partial charge in [0.2, 0.25) is 0 Å². The zero-order valence-electron chi connectivity index (χ0n) is 10.4. The molecule has 1 atom stereocenters. The van der Waals surface area contributed by atoms with Gasteiger partial charge in [0.15, 0.2) is 0 Å². The van der Waals surface area contributed by atoms with E-state index in [2.05, 4.69) is 0 Å².